The molecule has 0 bridgehead atoms. The quantitative estimate of drug-likeness (QED) is 0.680. The molecule has 1 aliphatic rings. The lowest BCUT2D eigenvalue weighted by molar-refractivity contribution is -0.121. The Morgan fingerprint density at radius 3 is 2.80 bits per heavy atom. The molecule has 8 heteroatoms. The zero-order valence-electron chi connectivity index (χ0n) is 16.7. The van der Waals surface area contributed by atoms with E-state index in [4.69, 9.17) is 4.74 Å². The van der Waals surface area contributed by atoms with Crippen LogP contribution in [0, 0.1) is 5.92 Å². The van der Waals surface area contributed by atoms with Crippen LogP contribution in [0.1, 0.15) is 23.3 Å². The van der Waals surface area contributed by atoms with Crippen LogP contribution in [-0.2, 0) is 4.79 Å². The number of hydrogen-bond donors (Lipinski definition) is 2. The molecule has 0 radical (unpaired) electrons. The minimum absolute atomic E-state index is 0.115. The van der Waals surface area contributed by atoms with E-state index in [2.05, 4.69) is 20.5 Å². The van der Waals surface area contributed by atoms with Gasteiger partial charge in [0.15, 0.2) is 0 Å². The van der Waals surface area contributed by atoms with Gasteiger partial charge in [-0.2, -0.15) is 5.10 Å². The maximum Gasteiger partial charge on any atom is 0.271 e. The number of rotatable bonds is 5. The molecule has 154 valence electrons. The van der Waals surface area contributed by atoms with Crippen molar-refractivity contribution in [2.75, 3.05) is 25.5 Å². The van der Waals surface area contributed by atoms with Crippen molar-refractivity contribution in [3.05, 3.63) is 60.4 Å². The summed E-state index contributed by atoms with van der Waals surface area (Å²) in [5.74, 6) is 0.0372. The predicted molar refractivity (Wildman–Crippen MR) is 112 cm³/mol. The number of carbonyl (C=O) groups excluding carboxylic acids is 2. The fourth-order valence-corrected chi connectivity index (χ4v) is 3.61. The minimum Gasteiger partial charge on any atom is -0.495 e. The van der Waals surface area contributed by atoms with Crippen molar-refractivity contribution in [3.8, 4) is 17.1 Å². The number of pyridine rings is 1. The molecular weight excluding hydrogens is 382 g/mol. The second kappa shape index (κ2) is 8.77. The van der Waals surface area contributed by atoms with Crippen LogP contribution in [-0.4, -0.2) is 52.1 Å². The normalized spacial score (nSPS) is 16.2. The first-order valence-electron chi connectivity index (χ1n) is 9.85. The van der Waals surface area contributed by atoms with Gasteiger partial charge in [-0.1, -0.05) is 18.2 Å². The Kier molecular flexibility index (Phi) is 5.74. The summed E-state index contributed by atoms with van der Waals surface area (Å²) >= 11 is 0. The van der Waals surface area contributed by atoms with Crippen LogP contribution in [0.3, 0.4) is 0 Å². The van der Waals surface area contributed by atoms with Crippen molar-refractivity contribution in [3.63, 3.8) is 0 Å². The standard InChI is InChI=1S/C22H23N5O3/c1-30-20-10-3-2-9-17(20)24-21(28)15-7-6-12-27(14-15)22(29)19-13-18(25-26-19)16-8-4-5-11-23-16/h2-5,8-11,13,15H,6-7,12,14H2,1H3,(H,24,28)(H,25,26)/t15-/m1/s1. The van der Waals surface area contributed by atoms with Gasteiger partial charge in [0.25, 0.3) is 5.91 Å². The summed E-state index contributed by atoms with van der Waals surface area (Å²) in [5.41, 5.74) is 2.32. The molecule has 3 aromatic rings. The van der Waals surface area contributed by atoms with Gasteiger partial charge in [0.1, 0.15) is 17.1 Å². The number of piperidine rings is 1. The highest BCUT2D eigenvalue weighted by molar-refractivity contribution is 5.96. The summed E-state index contributed by atoms with van der Waals surface area (Å²) in [6.45, 7) is 0.965. The number of methoxy groups -OCH3 is 1. The highest BCUT2D eigenvalue weighted by atomic mass is 16.5. The number of nitrogens with zero attached hydrogens (tertiary/aromatic N) is 3. The largest absolute Gasteiger partial charge is 0.495 e. The molecule has 1 atom stereocenters. The van der Waals surface area contributed by atoms with E-state index < -0.39 is 0 Å². The van der Waals surface area contributed by atoms with Gasteiger partial charge in [0, 0.05) is 19.3 Å². The fourth-order valence-electron chi connectivity index (χ4n) is 3.61. The van der Waals surface area contributed by atoms with Gasteiger partial charge < -0.3 is 15.0 Å². The molecule has 2 N–H and O–H groups in total. The highest BCUT2D eigenvalue weighted by Crippen LogP contribution is 2.26. The lowest BCUT2D eigenvalue weighted by Crippen LogP contribution is -2.43. The fraction of sp³-hybridized carbons (Fsp3) is 0.273. The number of para-hydroxylation sites is 2. The van der Waals surface area contributed by atoms with Gasteiger partial charge >= 0.3 is 0 Å². The van der Waals surface area contributed by atoms with E-state index in [1.165, 1.54) is 0 Å². The number of ether oxygens (including phenoxy) is 1. The molecule has 2 aromatic heterocycles. The zero-order valence-corrected chi connectivity index (χ0v) is 16.7. The van der Waals surface area contributed by atoms with Crippen LogP contribution in [0.5, 0.6) is 5.75 Å². The smallest absolute Gasteiger partial charge is 0.271 e. The van der Waals surface area contributed by atoms with E-state index in [1.807, 2.05) is 30.3 Å². The SMILES string of the molecule is COc1ccccc1NC(=O)[C@@H]1CCCN(C(=O)c2cc(-c3ccccn3)n[nH]2)C1. The Morgan fingerprint density at radius 1 is 1.17 bits per heavy atom. The van der Waals surface area contributed by atoms with Gasteiger partial charge in [-0.3, -0.25) is 19.7 Å². The molecule has 30 heavy (non-hydrogen) atoms. The number of nitrogens with one attached hydrogen (secondary N) is 2. The lowest BCUT2D eigenvalue weighted by Gasteiger charge is -2.31. The van der Waals surface area contributed by atoms with Crippen LogP contribution in [0.4, 0.5) is 5.69 Å². The Labute approximate surface area is 174 Å². The molecular formula is C22H23N5O3. The third-order valence-corrected chi connectivity index (χ3v) is 5.18. The number of hydrogen-bond acceptors (Lipinski definition) is 5. The molecule has 4 rings (SSSR count). The van der Waals surface area contributed by atoms with Crippen LogP contribution >= 0.6 is 0 Å². The Bertz CT molecular complexity index is 1030. The van der Waals surface area contributed by atoms with Crippen LogP contribution in [0.15, 0.2) is 54.7 Å². The van der Waals surface area contributed by atoms with Gasteiger partial charge in [-0.15, -0.1) is 0 Å². The first-order valence-corrected chi connectivity index (χ1v) is 9.85. The minimum atomic E-state index is -0.286. The van der Waals surface area contributed by atoms with E-state index in [9.17, 15) is 9.59 Å². The summed E-state index contributed by atoms with van der Waals surface area (Å²) in [6, 6.07) is 14.5. The third-order valence-electron chi connectivity index (χ3n) is 5.18. The average molecular weight is 405 g/mol. The van der Waals surface area contributed by atoms with Gasteiger partial charge in [-0.05, 0) is 43.2 Å². The number of amides is 2. The molecule has 2 amide bonds. The van der Waals surface area contributed by atoms with Crippen LogP contribution < -0.4 is 10.1 Å². The summed E-state index contributed by atoms with van der Waals surface area (Å²) in [4.78, 5) is 31.7. The van der Waals surface area contributed by atoms with Gasteiger partial charge in [0.05, 0.1) is 24.4 Å². The van der Waals surface area contributed by atoms with Crippen LogP contribution in [0.2, 0.25) is 0 Å². The molecule has 0 aliphatic carbocycles. The van der Waals surface area contributed by atoms with Crippen molar-refractivity contribution in [1.82, 2.24) is 20.1 Å². The van der Waals surface area contributed by atoms with Gasteiger partial charge in [-0.25, -0.2) is 0 Å². The summed E-state index contributed by atoms with van der Waals surface area (Å²) in [6.07, 6.45) is 3.17. The number of anilines is 1. The molecule has 0 unspecified atom stereocenters. The summed E-state index contributed by atoms with van der Waals surface area (Å²) < 4.78 is 5.29. The lowest BCUT2D eigenvalue weighted by atomic mass is 9.96. The topological polar surface area (TPSA) is 100 Å². The maximum absolute atomic E-state index is 13.0. The predicted octanol–water partition coefficient (Wildman–Crippen LogP) is 2.97. The second-order valence-electron chi connectivity index (χ2n) is 7.16. The van der Waals surface area contributed by atoms with Crippen molar-refractivity contribution in [2.45, 2.75) is 12.8 Å². The first kappa shape index (κ1) is 19.6. The molecule has 1 saturated heterocycles. The van der Waals surface area contributed by atoms with E-state index in [-0.39, 0.29) is 17.7 Å². The van der Waals surface area contributed by atoms with E-state index >= 15 is 0 Å². The Hall–Kier alpha value is -3.68. The number of likely N-dealkylation sites (tertiary alicyclic amines) is 1. The molecule has 1 fully saturated rings. The third kappa shape index (κ3) is 4.17. The number of H-pyrrole nitrogens is 1. The molecule has 0 saturated carbocycles. The molecule has 8 nitrogen and oxygen atoms in total. The Balaban J connectivity index is 1.43. The monoisotopic (exact) mass is 405 g/mol. The zero-order chi connectivity index (χ0) is 20.9. The summed E-state index contributed by atoms with van der Waals surface area (Å²) in [5, 5.41) is 9.93. The van der Waals surface area contributed by atoms with E-state index in [1.54, 1.807) is 36.4 Å². The molecule has 0 spiro atoms. The van der Waals surface area contributed by atoms with Crippen molar-refractivity contribution < 1.29 is 14.3 Å². The number of carbonyl (C=O) groups is 2. The number of aromatic nitrogens is 3. The number of benzene rings is 1. The molecule has 1 aliphatic heterocycles. The first-order chi connectivity index (χ1) is 14.7. The van der Waals surface area contributed by atoms with E-state index in [0.717, 1.165) is 12.8 Å². The highest BCUT2D eigenvalue weighted by Gasteiger charge is 2.30. The summed E-state index contributed by atoms with van der Waals surface area (Å²) in [7, 11) is 1.57. The number of aromatic amines is 1. The molecule has 1 aromatic carbocycles. The van der Waals surface area contributed by atoms with E-state index in [0.29, 0.717) is 41.6 Å². The van der Waals surface area contributed by atoms with Crippen molar-refractivity contribution >= 4 is 17.5 Å². The van der Waals surface area contributed by atoms with Gasteiger partial charge in [0.2, 0.25) is 5.91 Å². The Morgan fingerprint density at radius 2 is 2.00 bits per heavy atom. The average Bonchev–Trinajstić information content (AvgIpc) is 3.30. The van der Waals surface area contributed by atoms with Crippen molar-refractivity contribution in [2.24, 2.45) is 5.92 Å². The van der Waals surface area contributed by atoms with Crippen molar-refractivity contribution in [1.29, 1.82) is 0 Å². The second-order valence-corrected chi connectivity index (χ2v) is 7.16. The van der Waals surface area contributed by atoms with Crippen LogP contribution in [0.25, 0.3) is 11.4 Å². The molecule has 3 heterocycles. The maximum atomic E-state index is 13.0.